The Balaban J connectivity index is 2.15. The Labute approximate surface area is 107 Å². The maximum atomic E-state index is 4.48. The van der Waals surface area contributed by atoms with Crippen LogP contribution in [0.2, 0.25) is 0 Å². The molecule has 1 aliphatic heterocycles. The van der Waals surface area contributed by atoms with Crippen LogP contribution >= 0.6 is 30.3 Å². The third-order valence-electron chi connectivity index (χ3n) is 2.41. The second kappa shape index (κ2) is 4.99. The average molecular weight is 335 g/mol. The minimum absolute atomic E-state index is 0.921. The topological polar surface area (TPSA) is 19.4 Å². The molecule has 0 unspecified atom stereocenters. The smallest absolute Gasteiger partial charge is 0.0547 e. The third kappa shape index (κ3) is 2.83. The van der Waals surface area contributed by atoms with Crippen LogP contribution in [0.15, 0.2) is 12.3 Å². The van der Waals surface area contributed by atoms with Gasteiger partial charge in [-0.2, -0.15) is 0 Å². The highest BCUT2D eigenvalue weighted by atomic mass is 127. The molecule has 1 aromatic rings. The van der Waals surface area contributed by atoms with Crippen LogP contribution in [-0.2, 0) is 19.6 Å². The first-order valence-corrected chi connectivity index (χ1v) is 8.15. The van der Waals surface area contributed by atoms with E-state index in [4.69, 9.17) is 0 Å². The Kier molecular flexibility index (Phi) is 3.87. The molecule has 0 radical (unpaired) electrons. The van der Waals surface area contributed by atoms with Crippen molar-refractivity contribution in [2.24, 2.45) is 0 Å². The van der Waals surface area contributed by atoms with Gasteiger partial charge in [0.25, 0.3) is 0 Å². The van der Waals surface area contributed by atoms with Gasteiger partial charge in [0.05, 0.1) is 5.69 Å². The lowest BCUT2D eigenvalue weighted by molar-refractivity contribution is 0.396. The molecule has 0 N–H and O–H groups in total. The van der Waals surface area contributed by atoms with Crippen molar-refractivity contribution in [3.63, 3.8) is 0 Å². The van der Waals surface area contributed by atoms with Crippen molar-refractivity contribution >= 4 is 30.3 Å². The van der Waals surface area contributed by atoms with Crippen LogP contribution in [0.4, 0.5) is 0 Å². The van der Waals surface area contributed by atoms with Gasteiger partial charge < -0.3 is 4.90 Å². The van der Waals surface area contributed by atoms with Crippen LogP contribution in [0, 0.1) is 0 Å². The largest absolute Gasteiger partial charge is 0.304 e. The SMILES string of the molecule is CN(C)Cc1cc2c(cn1)CN(SI)C2. The van der Waals surface area contributed by atoms with Crippen molar-refractivity contribution in [1.82, 2.24) is 14.2 Å². The molecule has 0 amide bonds. The first-order valence-electron chi connectivity index (χ1n) is 4.84. The van der Waals surface area contributed by atoms with Gasteiger partial charge in [0.15, 0.2) is 0 Å². The predicted octanol–water partition coefficient (Wildman–Crippen LogP) is 2.46. The molecule has 0 atom stereocenters. The molecule has 82 valence electrons. The molecule has 0 saturated heterocycles. The minimum atomic E-state index is 0.921. The molecule has 3 nitrogen and oxygen atoms in total. The predicted molar refractivity (Wildman–Crippen MR) is 72.5 cm³/mol. The zero-order chi connectivity index (χ0) is 10.8. The lowest BCUT2D eigenvalue weighted by Gasteiger charge is -2.09. The highest BCUT2D eigenvalue weighted by Gasteiger charge is 2.19. The standard InChI is InChI=1S/C10H14IN3S/c1-13(2)7-10-3-8-5-14(15-11)6-9(8)4-12-10/h3-4H,5-7H2,1-2H3. The zero-order valence-corrected chi connectivity index (χ0v) is 11.9. The first-order chi connectivity index (χ1) is 7.19. The molecule has 1 aliphatic rings. The van der Waals surface area contributed by atoms with E-state index in [1.54, 1.807) is 9.12 Å². The van der Waals surface area contributed by atoms with E-state index in [0.29, 0.717) is 0 Å². The number of fused-ring (bicyclic) bond motifs is 1. The van der Waals surface area contributed by atoms with Gasteiger partial charge in [-0.15, -0.1) is 0 Å². The maximum Gasteiger partial charge on any atom is 0.0547 e. The van der Waals surface area contributed by atoms with Gasteiger partial charge in [0, 0.05) is 47.0 Å². The lowest BCUT2D eigenvalue weighted by atomic mass is 10.1. The van der Waals surface area contributed by atoms with E-state index in [-0.39, 0.29) is 0 Å². The molecule has 0 aromatic carbocycles. The van der Waals surface area contributed by atoms with Crippen molar-refractivity contribution in [2.75, 3.05) is 14.1 Å². The Bertz CT molecular complexity index is 357. The number of hydrogen-bond acceptors (Lipinski definition) is 4. The molecule has 2 heterocycles. The summed E-state index contributed by atoms with van der Waals surface area (Å²) in [6, 6.07) is 2.24. The summed E-state index contributed by atoms with van der Waals surface area (Å²) in [5.74, 6) is 0. The van der Waals surface area contributed by atoms with Crippen molar-refractivity contribution in [3.05, 3.63) is 29.1 Å². The number of hydrogen-bond donors (Lipinski definition) is 0. The second-order valence-corrected chi connectivity index (χ2v) is 5.89. The lowest BCUT2D eigenvalue weighted by Crippen LogP contribution is -2.12. The van der Waals surface area contributed by atoms with Gasteiger partial charge in [0.1, 0.15) is 0 Å². The Morgan fingerprint density at radius 3 is 2.87 bits per heavy atom. The van der Waals surface area contributed by atoms with Crippen LogP contribution in [0.25, 0.3) is 0 Å². The number of aromatic nitrogens is 1. The molecule has 1 aromatic heterocycles. The molecule has 0 aliphatic carbocycles. The minimum Gasteiger partial charge on any atom is -0.304 e. The summed E-state index contributed by atoms with van der Waals surface area (Å²) < 4.78 is 2.34. The fraction of sp³-hybridized carbons (Fsp3) is 0.500. The van der Waals surface area contributed by atoms with Gasteiger partial charge in [-0.3, -0.25) is 4.98 Å². The van der Waals surface area contributed by atoms with Crippen molar-refractivity contribution in [3.8, 4) is 0 Å². The van der Waals surface area contributed by atoms with Gasteiger partial charge in [-0.1, -0.05) is 0 Å². The van der Waals surface area contributed by atoms with Crippen LogP contribution < -0.4 is 0 Å². The van der Waals surface area contributed by atoms with E-state index in [1.165, 1.54) is 16.8 Å². The fourth-order valence-electron chi connectivity index (χ4n) is 1.76. The Morgan fingerprint density at radius 1 is 1.47 bits per heavy atom. The number of halogens is 1. The zero-order valence-electron chi connectivity index (χ0n) is 8.90. The molecule has 5 heteroatoms. The van der Waals surface area contributed by atoms with E-state index in [1.807, 2.05) is 6.20 Å². The van der Waals surface area contributed by atoms with Crippen LogP contribution in [0.5, 0.6) is 0 Å². The van der Waals surface area contributed by atoms with Crippen molar-refractivity contribution in [1.29, 1.82) is 0 Å². The molecule has 0 fully saturated rings. The number of rotatable bonds is 3. The second-order valence-electron chi connectivity index (χ2n) is 4.05. The summed E-state index contributed by atoms with van der Waals surface area (Å²) in [5.41, 5.74) is 3.98. The summed E-state index contributed by atoms with van der Waals surface area (Å²) in [5, 5.41) is 0. The highest BCUT2D eigenvalue weighted by Crippen LogP contribution is 2.31. The maximum absolute atomic E-state index is 4.48. The summed E-state index contributed by atoms with van der Waals surface area (Å²) in [4.78, 5) is 6.63. The van der Waals surface area contributed by atoms with Crippen LogP contribution in [-0.4, -0.2) is 28.3 Å². The Morgan fingerprint density at radius 2 is 2.20 bits per heavy atom. The third-order valence-corrected chi connectivity index (χ3v) is 4.53. The monoisotopic (exact) mass is 335 g/mol. The first kappa shape index (κ1) is 11.6. The van der Waals surface area contributed by atoms with E-state index >= 15 is 0 Å². The summed E-state index contributed by atoms with van der Waals surface area (Å²) in [7, 11) is 5.92. The van der Waals surface area contributed by atoms with Gasteiger partial charge in [-0.25, -0.2) is 4.31 Å². The van der Waals surface area contributed by atoms with Crippen LogP contribution in [0.3, 0.4) is 0 Å². The number of pyridine rings is 1. The van der Waals surface area contributed by atoms with E-state index < -0.39 is 0 Å². The summed E-state index contributed by atoms with van der Waals surface area (Å²) in [6.07, 6.45) is 2.03. The normalized spacial score (nSPS) is 16.0. The Hall–Kier alpha value is 0.150. The highest BCUT2D eigenvalue weighted by molar-refractivity contribution is 14.2. The molecule has 0 spiro atoms. The number of nitrogens with zero attached hydrogens (tertiary/aromatic N) is 3. The van der Waals surface area contributed by atoms with Gasteiger partial charge in [-0.05, 0) is 40.4 Å². The molecular weight excluding hydrogens is 321 g/mol. The summed E-state index contributed by atoms with van der Waals surface area (Å²) >= 11 is 2.33. The van der Waals surface area contributed by atoms with Gasteiger partial charge in [0.2, 0.25) is 0 Å². The van der Waals surface area contributed by atoms with E-state index in [0.717, 1.165) is 19.6 Å². The molecule has 2 rings (SSSR count). The fourth-order valence-corrected chi connectivity index (χ4v) is 2.97. The van der Waals surface area contributed by atoms with Crippen molar-refractivity contribution in [2.45, 2.75) is 19.6 Å². The van der Waals surface area contributed by atoms with Crippen LogP contribution in [0.1, 0.15) is 16.8 Å². The molecular formula is C10H14IN3S. The quantitative estimate of drug-likeness (QED) is 0.624. The molecule has 0 bridgehead atoms. The summed E-state index contributed by atoms with van der Waals surface area (Å²) in [6.45, 7) is 2.99. The van der Waals surface area contributed by atoms with E-state index in [9.17, 15) is 0 Å². The van der Waals surface area contributed by atoms with E-state index in [2.05, 4.69) is 55.6 Å². The molecule has 15 heavy (non-hydrogen) atoms. The molecule has 0 saturated carbocycles. The average Bonchev–Trinajstić information content (AvgIpc) is 2.58. The van der Waals surface area contributed by atoms with Crippen molar-refractivity contribution < 1.29 is 0 Å². The van der Waals surface area contributed by atoms with Gasteiger partial charge >= 0.3 is 0 Å².